The largest absolute Gasteiger partial charge is 0.508 e. The van der Waals surface area contributed by atoms with Crippen LogP contribution in [-0.2, 0) is 23.9 Å². The first-order valence-corrected chi connectivity index (χ1v) is 13.9. The first kappa shape index (κ1) is 31.9. The van der Waals surface area contributed by atoms with Crippen LogP contribution in [0.1, 0.15) is 56.9 Å². The molecule has 0 aliphatic heterocycles. The van der Waals surface area contributed by atoms with Crippen LogP contribution in [0.5, 0.6) is 23.0 Å². The van der Waals surface area contributed by atoms with Gasteiger partial charge in [0.25, 0.3) is 0 Å². The molecule has 1 saturated carbocycles. The van der Waals surface area contributed by atoms with Gasteiger partial charge < -0.3 is 24.1 Å². The Kier molecular flexibility index (Phi) is 13.1. The topological polar surface area (TPSA) is 150 Å². The minimum atomic E-state index is -0.435. The van der Waals surface area contributed by atoms with Crippen LogP contribution in [0.3, 0.4) is 0 Å². The summed E-state index contributed by atoms with van der Waals surface area (Å²) in [7, 11) is 0. The molecule has 11 heteroatoms. The minimum Gasteiger partial charge on any atom is -0.508 e. The van der Waals surface area contributed by atoms with E-state index in [0.29, 0.717) is 62.4 Å². The third-order valence-corrected chi connectivity index (χ3v) is 6.69. The van der Waals surface area contributed by atoms with Crippen molar-refractivity contribution >= 4 is 30.5 Å². The number of nitrogens with zero attached hydrogens (tertiary/aromatic N) is 1. The van der Waals surface area contributed by atoms with Crippen LogP contribution in [0.4, 0.5) is 0 Å². The van der Waals surface area contributed by atoms with Crippen molar-refractivity contribution in [2.24, 2.45) is 16.9 Å². The van der Waals surface area contributed by atoms with E-state index < -0.39 is 11.9 Å². The van der Waals surface area contributed by atoms with Crippen LogP contribution in [0, 0.1) is 11.8 Å². The number of esters is 3. The molecule has 1 amide bonds. The number of hydrogen-bond acceptors (Lipinski definition) is 10. The van der Waals surface area contributed by atoms with Gasteiger partial charge in [0.05, 0.1) is 31.3 Å². The Balaban J connectivity index is 1.36. The lowest BCUT2D eigenvalue weighted by molar-refractivity contribution is -0.145. The molecule has 0 radical (unpaired) electrons. The van der Waals surface area contributed by atoms with Gasteiger partial charge in [0.15, 0.2) is 0 Å². The van der Waals surface area contributed by atoms with Gasteiger partial charge >= 0.3 is 17.9 Å². The molecule has 224 valence electrons. The van der Waals surface area contributed by atoms with E-state index >= 15 is 0 Å². The number of nitrogens with one attached hydrogen (secondary N) is 1. The van der Waals surface area contributed by atoms with Crippen LogP contribution >= 0.6 is 0 Å². The van der Waals surface area contributed by atoms with Crippen molar-refractivity contribution in [3.8, 4) is 23.0 Å². The van der Waals surface area contributed by atoms with E-state index in [2.05, 4.69) is 17.1 Å². The molecule has 0 aromatic heterocycles. The number of hydrazone groups is 1. The van der Waals surface area contributed by atoms with Gasteiger partial charge in [0.1, 0.15) is 23.0 Å². The molecule has 11 nitrogen and oxygen atoms in total. The molecule has 0 spiro atoms. The molecule has 0 heterocycles. The molecule has 0 unspecified atom stereocenters. The number of aromatic hydroxyl groups is 1. The SMILES string of the molecule is C=CC(=O)OCCCCCCOc1ccc(OC(=O)C2CCC(C(=O)Oc3ccc(O)cc3/C=N/NC=O)CC2)cc1. The Morgan fingerprint density at radius 1 is 0.881 bits per heavy atom. The molecule has 2 N–H and O–H groups in total. The van der Waals surface area contributed by atoms with Crippen LogP contribution in [0.15, 0.2) is 60.2 Å². The highest BCUT2D eigenvalue weighted by atomic mass is 16.5. The van der Waals surface area contributed by atoms with E-state index in [9.17, 15) is 24.3 Å². The highest BCUT2D eigenvalue weighted by molar-refractivity contribution is 5.87. The van der Waals surface area contributed by atoms with Gasteiger partial charge in [-0.1, -0.05) is 6.58 Å². The number of hydrogen-bond donors (Lipinski definition) is 2. The summed E-state index contributed by atoms with van der Waals surface area (Å²) in [6, 6.07) is 11.1. The molecule has 1 fully saturated rings. The Hall–Kier alpha value is -4.67. The van der Waals surface area contributed by atoms with E-state index in [4.69, 9.17) is 18.9 Å². The summed E-state index contributed by atoms with van der Waals surface area (Å²) in [6.07, 6.45) is 8.27. The number of ether oxygens (including phenoxy) is 4. The van der Waals surface area contributed by atoms with E-state index in [1.807, 2.05) is 0 Å². The van der Waals surface area contributed by atoms with Crippen molar-refractivity contribution in [1.29, 1.82) is 0 Å². The Morgan fingerprint density at radius 2 is 1.50 bits per heavy atom. The second-order valence-corrected chi connectivity index (χ2v) is 9.72. The van der Waals surface area contributed by atoms with Crippen LogP contribution < -0.4 is 19.6 Å². The Morgan fingerprint density at radius 3 is 2.14 bits per heavy atom. The molecule has 3 rings (SSSR count). The first-order valence-electron chi connectivity index (χ1n) is 13.9. The lowest BCUT2D eigenvalue weighted by Crippen LogP contribution is -2.30. The van der Waals surface area contributed by atoms with Crippen molar-refractivity contribution in [3.63, 3.8) is 0 Å². The fourth-order valence-corrected chi connectivity index (χ4v) is 4.41. The average Bonchev–Trinajstić information content (AvgIpc) is 3.00. The minimum absolute atomic E-state index is 0.0440. The predicted molar refractivity (Wildman–Crippen MR) is 153 cm³/mol. The third kappa shape index (κ3) is 10.7. The fraction of sp³-hybridized carbons (Fsp3) is 0.387. The van der Waals surface area contributed by atoms with Crippen LogP contribution in [-0.4, -0.2) is 48.9 Å². The van der Waals surface area contributed by atoms with E-state index in [1.165, 1.54) is 24.4 Å². The van der Waals surface area contributed by atoms with E-state index in [-0.39, 0.29) is 29.3 Å². The summed E-state index contributed by atoms with van der Waals surface area (Å²) in [5.74, 6) is -0.625. The molecule has 0 saturated heterocycles. The van der Waals surface area contributed by atoms with E-state index in [0.717, 1.165) is 31.8 Å². The summed E-state index contributed by atoms with van der Waals surface area (Å²) in [6.45, 7) is 4.30. The Bertz CT molecular complexity index is 1240. The second kappa shape index (κ2) is 17.2. The van der Waals surface area contributed by atoms with Crippen molar-refractivity contribution in [2.45, 2.75) is 51.4 Å². The number of phenolic OH excluding ortho intramolecular Hbond substituents is 1. The first-order chi connectivity index (χ1) is 20.4. The summed E-state index contributed by atoms with van der Waals surface area (Å²) in [5, 5.41) is 13.4. The number of rotatable bonds is 16. The highest BCUT2D eigenvalue weighted by Crippen LogP contribution is 2.32. The number of carbonyl (C=O) groups excluding carboxylic acids is 4. The number of phenols is 1. The van der Waals surface area contributed by atoms with Gasteiger partial charge in [-0.3, -0.25) is 14.4 Å². The molecule has 1 aliphatic rings. The normalized spacial score (nSPS) is 16.3. The summed E-state index contributed by atoms with van der Waals surface area (Å²) in [4.78, 5) is 46.9. The third-order valence-electron chi connectivity index (χ3n) is 6.69. The number of amides is 1. The van der Waals surface area contributed by atoms with Crippen molar-refractivity contribution in [3.05, 3.63) is 60.7 Å². The molecule has 2 aromatic carbocycles. The number of benzene rings is 2. The zero-order chi connectivity index (χ0) is 30.2. The lowest BCUT2D eigenvalue weighted by Gasteiger charge is -2.26. The molecule has 2 aromatic rings. The molecule has 0 atom stereocenters. The highest BCUT2D eigenvalue weighted by Gasteiger charge is 2.32. The lowest BCUT2D eigenvalue weighted by atomic mass is 9.82. The average molecular weight is 581 g/mol. The van der Waals surface area contributed by atoms with Gasteiger partial charge in [0, 0.05) is 11.6 Å². The van der Waals surface area contributed by atoms with Crippen molar-refractivity contribution in [2.75, 3.05) is 13.2 Å². The van der Waals surface area contributed by atoms with Gasteiger partial charge in [-0.05, 0) is 93.8 Å². The predicted octanol–water partition coefficient (Wildman–Crippen LogP) is 4.46. The molecule has 0 bridgehead atoms. The maximum atomic E-state index is 12.8. The summed E-state index contributed by atoms with van der Waals surface area (Å²) in [5.41, 5.74) is 2.45. The maximum absolute atomic E-state index is 12.8. The van der Waals surface area contributed by atoms with Crippen molar-refractivity contribution in [1.82, 2.24) is 5.43 Å². The summed E-state index contributed by atoms with van der Waals surface area (Å²) < 4.78 is 21.8. The molecule has 42 heavy (non-hydrogen) atoms. The van der Waals surface area contributed by atoms with Crippen molar-refractivity contribution < 1.29 is 43.2 Å². The number of unbranched alkanes of at least 4 members (excludes halogenated alkanes) is 3. The standard InChI is InChI=1S/C31H36N2O9/c1-2-29(36)40-18-6-4-3-5-17-39-26-12-14-27(15-13-26)41-30(37)22-7-9-23(10-8-22)31(38)42-28-16-11-25(35)19-24(28)20-32-33-21-34/h2,11-16,19-23,35H,1,3-10,17-18H2,(H,33,34)/b32-20+. The second-order valence-electron chi connectivity index (χ2n) is 9.72. The monoisotopic (exact) mass is 580 g/mol. The molecular formula is C31H36N2O9. The van der Waals surface area contributed by atoms with Crippen LogP contribution in [0.2, 0.25) is 0 Å². The zero-order valence-electron chi connectivity index (χ0n) is 23.4. The molecular weight excluding hydrogens is 544 g/mol. The number of carbonyl (C=O) groups is 4. The van der Waals surface area contributed by atoms with Gasteiger partial charge in [0.2, 0.25) is 6.41 Å². The van der Waals surface area contributed by atoms with Crippen LogP contribution in [0.25, 0.3) is 0 Å². The zero-order valence-corrected chi connectivity index (χ0v) is 23.4. The molecule has 1 aliphatic carbocycles. The van der Waals surface area contributed by atoms with Gasteiger partial charge in [-0.15, -0.1) is 0 Å². The van der Waals surface area contributed by atoms with Gasteiger partial charge in [-0.2, -0.15) is 5.10 Å². The smallest absolute Gasteiger partial charge is 0.330 e. The fourth-order valence-electron chi connectivity index (χ4n) is 4.41. The van der Waals surface area contributed by atoms with E-state index in [1.54, 1.807) is 24.3 Å². The quantitative estimate of drug-likeness (QED) is 0.0558. The summed E-state index contributed by atoms with van der Waals surface area (Å²) >= 11 is 0. The maximum Gasteiger partial charge on any atom is 0.330 e. The Labute approximate surface area is 244 Å². The van der Waals surface area contributed by atoms with Gasteiger partial charge in [-0.25, -0.2) is 10.2 Å².